The summed E-state index contributed by atoms with van der Waals surface area (Å²) in [7, 11) is 1.35. The SMILES string of the molecule is CCC(=O)c1ccc(N(CC)C2NC(=O)C3=C(CCC(C)(C)C3)S2)cc1.COC(C)=O. The van der Waals surface area contributed by atoms with Gasteiger partial charge in [0.25, 0.3) is 0 Å². The van der Waals surface area contributed by atoms with Crippen molar-refractivity contribution in [3.8, 4) is 0 Å². The number of nitrogens with zero attached hydrogens (tertiary/aromatic N) is 1. The highest BCUT2D eigenvalue weighted by Gasteiger charge is 2.37. The highest BCUT2D eigenvalue weighted by Crippen LogP contribution is 2.46. The Bertz CT molecular complexity index is 846. The van der Waals surface area contributed by atoms with Crippen LogP contribution in [0.2, 0.25) is 0 Å². The number of esters is 1. The van der Waals surface area contributed by atoms with Crippen LogP contribution in [0.1, 0.15) is 70.7 Å². The van der Waals surface area contributed by atoms with Gasteiger partial charge in [0.15, 0.2) is 11.3 Å². The quantitative estimate of drug-likeness (QED) is 0.512. The summed E-state index contributed by atoms with van der Waals surface area (Å²) < 4.78 is 4.11. The summed E-state index contributed by atoms with van der Waals surface area (Å²) in [5.41, 5.74) is 2.85. The first-order valence-electron chi connectivity index (χ1n) is 10.8. The van der Waals surface area contributed by atoms with E-state index < -0.39 is 0 Å². The minimum Gasteiger partial charge on any atom is -0.469 e. The van der Waals surface area contributed by atoms with Gasteiger partial charge < -0.3 is 15.0 Å². The maximum Gasteiger partial charge on any atom is 0.302 e. The fraction of sp³-hybridized carbons (Fsp3) is 0.542. The molecule has 1 aromatic carbocycles. The molecule has 0 radical (unpaired) electrons. The minimum atomic E-state index is -0.245. The largest absolute Gasteiger partial charge is 0.469 e. The molecule has 3 rings (SSSR count). The van der Waals surface area contributed by atoms with E-state index in [4.69, 9.17) is 0 Å². The summed E-state index contributed by atoms with van der Waals surface area (Å²) in [6.45, 7) is 10.6. The molecule has 0 fully saturated rings. The second kappa shape index (κ2) is 10.8. The van der Waals surface area contributed by atoms with Crippen LogP contribution in [0.5, 0.6) is 0 Å². The molecule has 0 saturated heterocycles. The molecule has 170 valence electrons. The molecule has 7 heteroatoms. The fourth-order valence-corrected chi connectivity index (χ4v) is 5.00. The van der Waals surface area contributed by atoms with Gasteiger partial charge in [-0.3, -0.25) is 14.4 Å². The van der Waals surface area contributed by atoms with E-state index in [-0.39, 0.29) is 28.6 Å². The molecule has 1 N–H and O–H groups in total. The van der Waals surface area contributed by atoms with Gasteiger partial charge in [-0.15, -0.1) is 0 Å². The third-order valence-electron chi connectivity index (χ3n) is 5.56. The molecule has 6 nitrogen and oxygen atoms in total. The lowest BCUT2D eigenvalue weighted by Gasteiger charge is -2.40. The standard InChI is InChI=1S/C21H28N2O2S.C3H6O2/c1-5-17(24)14-7-9-15(10-8-14)23(6-2)20-22-19(25)16-13-21(3,4)12-11-18(16)26-20;1-3(4)5-2/h7-10,20H,5-6,11-13H2,1-4H3,(H,22,25);1-2H3. The number of ketones is 1. The van der Waals surface area contributed by atoms with Crippen LogP contribution in [0, 0.1) is 5.41 Å². The summed E-state index contributed by atoms with van der Waals surface area (Å²) in [5.74, 6) is -0.0164. The predicted molar refractivity (Wildman–Crippen MR) is 126 cm³/mol. The molecule has 1 heterocycles. The van der Waals surface area contributed by atoms with Crippen LogP contribution < -0.4 is 10.2 Å². The van der Waals surface area contributed by atoms with E-state index in [0.717, 1.165) is 42.6 Å². The van der Waals surface area contributed by atoms with Gasteiger partial charge in [-0.05, 0) is 60.8 Å². The summed E-state index contributed by atoms with van der Waals surface area (Å²) in [5, 5.41) is 3.18. The van der Waals surface area contributed by atoms with Crippen molar-refractivity contribution in [2.45, 2.75) is 65.8 Å². The zero-order chi connectivity index (χ0) is 23.2. The number of hydrogen-bond acceptors (Lipinski definition) is 6. The lowest BCUT2D eigenvalue weighted by atomic mass is 9.77. The Kier molecular flexibility index (Phi) is 8.74. The van der Waals surface area contributed by atoms with Gasteiger partial charge >= 0.3 is 5.97 Å². The molecule has 1 aromatic rings. The number of hydrogen-bond donors (Lipinski definition) is 1. The summed E-state index contributed by atoms with van der Waals surface area (Å²) in [6, 6.07) is 7.72. The highest BCUT2D eigenvalue weighted by molar-refractivity contribution is 8.03. The Morgan fingerprint density at radius 3 is 2.35 bits per heavy atom. The number of anilines is 1. The van der Waals surface area contributed by atoms with Crippen molar-refractivity contribution in [3.05, 3.63) is 40.3 Å². The second-order valence-electron chi connectivity index (χ2n) is 8.49. The van der Waals surface area contributed by atoms with Crippen LogP contribution in [0.25, 0.3) is 0 Å². The Labute approximate surface area is 189 Å². The highest BCUT2D eigenvalue weighted by atomic mass is 32.2. The Morgan fingerprint density at radius 2 is 1.84 bits per heavy atom. The molecule has 31 heavy (non-hydrogen) atoms. The van der Waals surface area contributed by atoms with Crippen LogP contribution in [-0.2, 0) is 14.3 Å². The van der Waals surface area contributed by atoms with Gasteiger partial charge in [-0.25, -0.2) is 0 Å². The fourth-order valence-electron chi connectivity index (χ4n) is 3.64. The van der Waals surface area contributed by atoms with Gasteiger partial charge in [0.2, 0.25) is 5.91 Å². The summed E-state index contributed by atoms with van der Waals surface area (Å²) in [6.07, 6.45) is 3.48. The number of allylic oxidation sites excluding steroid dienone is 1. The first kappa shape index (κ1) is 25.0. The van der Waals surface area contributed by atoms with Crippen molar-refractivity contribution in [3.63, 3.8) is 0 Å². The number of methoxy groups -OCH3 is 1. The van der Waals surface area contributed by atoms with E-state index in [1.54, 1.807) is 11.8 Å². The smallest absolute Gasteiger partial charge is 0.302 e. The van der Waals surface area contributed by atoms with Gasteiger partial charge in [0.1, 0.15) is 0 Å². The molecule has 1 unspecified atom stereocenters. The maximum atomic E-state index is 12.7. The average molecular weight is 447 g/mol. The molecule has 2 aliphatic rings. The van der Waals surface area contributed by atoms with E-state index in [9.17, 15) is 14.4 Å². The molecule has 0 bridgehead atoms. The Hall–Kier alpha value is -2.28. The number of nitrogens with one attached hydrogen (secondary N) is 1. The molecule has 1 amide bonds. The molecular formula is C24H34N2O4S. The number of amides is 1. The number of Topliss-reactive ketones (excluding diaryl/α,β-unsaturated/α-hetero) is 1. The van der Waals surface area contributed by atoms with E-state index in [0.29, 0.717) is 6.42 Å². The van der Waals surface area contributed by atoms with Gasteiger partial charge in [-0.1, -0.05) is 32.5 Å². The zero-order valence-electron chi connectivity index (χ0n) is 19.4. The molecule has 0 spiro atoms. The van der Waals surface area contributed by atoms with Crippen LogP contribution >= 0.6 is 11.8 Å². The molecular weight excluding hydrogens is 412 g/mol. The number of carbonyl (C=O) groups is 3. The third kappa shape index (κ3) is 6.60. The zero-order valence-corrected chi connectivity index (χ0v) is 20.2. The summed E-state index contributed by atoms with van der Waals surface area (Å²) >= 11 is 1.77. The number of ether oxygens (including phenoxy) is 1. The Balaban J connectivity index is 0.000000614. The lowest BCUT2D eigenvalue weighted by Crippen LogP contribution is -2.50. The first-order valence-corrected chi connectivity index (χ1v) is 11.6. The molecule has 1 atom stereocenters. The summed E-state index contributed by atoms with van der Waals surface area (Å²) in [4.78, 5) is 37.6. The van der Waals surface area contributed by atoms with Gasteiger partial charge in [-0.2, -0.15) is 0 Å². The van der Waals surface area contributed by atoms with Crippen molar-refractivity contribution in [2.24, 2.45) is 5.41 Å². The van der Waals surface area contributed by atoms with Crippen LogP contribution in [0.3, 0.4) is 0 Å². The van der Waals surface area contributed by atoms with Crippen LogP contribution in [0.15, 0.2) is 34.7 Å². The topological polar surface area (TPSA) is 75.7 Å². The predicted octanol–water partition coefficient (Wildman–Crippen LogP) is 4.90. The molecule has 0 saturated carbocycles. The lowest BCUT2D eigenvalue weighted by molar-refractivity contribution is -0.137. The van der Waals surface area contributed by atoms with Gasteiger partial charge in [0, 0.05) is 36.7 Å². The first-order chi connectivity index (χ1) is 14.6. The molecule has 0 aromatic heterocycles. The number of rotatable bonds is 5. The maximum absolute atomic E-state index is 12.7. The van der Waals surface area contributed by atoms with Crippen LogP contribution in [-0.4, -0.2) is 36.8 Å². The van der Waals surface area contributed by atoms with Crippen molar-refractivity contribution >= 4 is 35.1 Å². The molecule has 1 aliphatic heterocycles. The van der Waals surface area contributed by atoms with Gasteiger partial charge in [0.05, 0.1) is 7.11 Å². The van der Waals surface area contributed by atoms with E-state index in [2.05, 4.69) is 35.7 Å². The van der Waals surface area contributed by atoms with E-state index in [1.807, 2.05) is 31.2 Å². The third-order valence-corrected chi connectivity index (χ3v) is 6.89. The number of benzene rings is 1. The van der Waals surface area contributed by atoms with E-state index >= 15 is 0 Å². The van der Waals surface area contributed by atoms with Crippen molar-refractivity contribution < 1.29 is 19.1 Å². The average Bonchev–Trinajstić information content (AvgIpc) is 2.75. The molecule has 1 aliphatic carbocycles. The van der Waals surface area contributed by atoms with Crippen LogP contribution in [0.4, 0.5) is 5.69 Å². The number of thioether (sulfide) groups is 1. The minimum absolute atomic E-state index is 0.0766. The van der Waals surface area contributed by atoms with Crippen molar-refractivity contribution in [2.75, 3.05) is 18.6 Å². The number of carbonyl (C=O) groups excluding carboxylic acids is 3. The Morgan fingerprint density at radius 1 is 1.23 bits per heavy atom. The normalized spacial score (nSPS) is 19.4. The van der Waals surface area contributed by atoms with Crippen molar-refractivity contribution in [1.82, 2.24) is 5.32 Å². The second-order valence-corrected chi connectivity index (χ2v) is 9.67. The van der Waals surface area contributed by atoms with Crippen molar-refractivity contribution in [1.29, 1.82) is 0 Å². The van der Waals surface area contributed by atoms with E-state index in [1.165, 1.54) is 18.9 Å². The monoisotopic (exact) mass is 446 g/mol.